The molecule has 27 heavy (non-hydrogen) atoms. The molecule has 0 atom stereocenters. The summed E-state index contributed by atoms with van der Waals surface area (Å²) in [5.74, 6) is -0.156. The maximum Gasteiger partial charge on any atom is 0.175 e. The number of sulfone groups is 1. The molecule has 0 spiro atoms. The summed E-state index contributed by atoms with van der Waals surface area (Å²) in [6.45, 7) is 3.96. The maximum atomic E-state index is 12.6. The minimum atomic E-state index is -3.36. The van der Waals surface area contributed by atoms with Crippen molar-refractivity contribution in [3.63, 3.8) is 0 Å². The van der Waals surface area contributed by atoms with Crippen LogP contribution >= 0.6 is 22.9 Å². The lowest BCUT2D eigenvalue weighted by Crippen LogP contribution is -2.06. The summed E-state index contributed by atoms with van der Waals surface area (Å²) in [5.41, 5.74) is 4.22. The van der Waals surface area contributed by atoms with E-state index in [-0.39, 0.29) is 22.1 Å². The Bertz CT molecular complexity index is 1130. The molecule has 4 nitrogen and oxygen atoms in total. The number of carbonyl (C=O) groups excluding carboxylic acids is 1. The molecule has 0 aliphatic heterocycles. The summed E-state index contributed by atoms with van der Waals surface area (Å²) in [4.78, 5) is 17.2. The molecule has 140 valence electrons. The van der Waals surface area contributed by atoms with E-state index in [1.165, 1.54) is 18.2 Å². The van der Waals surface area contributed by atoms with Crippen molar-refractivity contribution in [1.82, 2.24) is 4.98 Å². The molecule has 2 aromatic carbocycles. The van der Waals surface area contributed by atoms with Crippen molar-refractivity contribution in [3.8, 4) is 11.3 Å². The molecule has 0 N–H and O–H groups in total. The average molecular weight is 420 g/mol. The molecule has 3 aromatic rings. The van der Waals surface area contributed by atoms with Crippen molar-refractivity contribution in [3.05, 3.63) is 68.5 Å². The SMILES string of the molecule is Cc1nc(-c2ccc(CC(=O)c3ccc(S(C)(=O)=O)cc3Cl)cc2C)cs1. The first kappa shape index (κ1) is 19.7. The molecule has 7 heteroatoms. The molecule has 1 aromatic heterocycles. The summed E-state index contributed by atoms with van der Waals surface area (Å²) in [6.07, 6.45) is 1.30. The average Bonchev–Trinajstić information content (AvgIpc) is 3.00. The number of halogens is 1. The second-order valence-corrected chi connectivity index (χ2v) is 9.90. The number of ketones is 1. The van der Waals surface area contributed by atoms with E-state index in [2.05, 4.69) is 4.98 Å². The predicted octanol–water partition coefficient (Wildman–Crippen LogP) is 4.91. The van der Waals surface area contributed by atoms with Gasteiger partial charge in [-0.05, 0) is 43.2 Å². The lowest BCUT2D eigenvalue weighted by molar-refractivity contribution is 0.0993. The number of benzene rings is 2. The third-order valence-corrected chi connectivity index (χ3v) is 6.42. The normalized spacial score (nSPS) is 11.6. The number of nitrogens with zero attached hydrogens (tertiary/aromatic N) is 1. The van der Waals surface area contributed by atoms with Crippen molar-refractivity contribution in [1.29, 1.82) is 0 Å². The summed E-state index contributed by atoms with van der Waals surface area (Å²) in [5, 5.41) is 3.18. The number of hydrogen-bond donors (Lipinski definition) is 0. The van der Waals surface area contributed by atoms with E-state index >= 15 is 0 Å². The van der Waals surface area contributed by atoms with Crippen LogP contribution in [-0.2, 0) is 16.3 Å². The Morgan fingerprint density at radius 3 is 2.44 bits per heavy atom. The number of thiazole rings is 1. The first-order chi connectivity index (χ1) is 12.6. The van der Waals surface area contributed by atoms with Gasteiger partial charge in [0.2, 0.25) is 0 Å². The Kier molecular flexibility index (Phi) is 5.51. The van der Waals surface area contributed by atoms with Crippen molar-refractivity contribution < 1.29 is 13.2 Å². The molecule has 1 heterocycles. The molecular formula is C20H18ClNO3S2. The van der Waals surface area contributed by atoms with Crippen LogP contribution in [0.5, 0.6) is 0 Å². The van der Waals surface area contributed by atoms with E-state index < -0.39 is 9.84 Å². The highest BCUT2D eigenvalue weighted by Crippen LogP contribution is 2.27. The first-order valence-electron chi connectivity index (χ1n) is 8.20. The topological polar surface area (TPSA) is 64.1 Å². The van der Waals surface area contributed by atoms with Gasteiger partial charge in [-0.1, -0.05) is 29.8 Å². The van der Waals surface area contributed by atoms with Gasteiger partial charge in [0.15, 0.2) is 15.6 Å². The van der Waals surface area contributed by atoms with Crippen LogP contribution < -0.4 is 0 Å². The smallest absolute Gasteiger partial charge is 0.175 e. The van der Waals surface area contributed by atoms with Crippen LogP contribution in [0.1, 0.15) is 26.5 Å². The molecule has 0 saturated heterocycles. The second kappa shape index (κ2) is 7.54. The van der Waals surface area contributed by atoms with E-state index in [0.29, 0.717) is 5.56 Å². The standard InChI is InChI=1S/C20H18ClNO3S2/c1-12-8-14(4-6-16(12)19-11-26-13(2)22-19)9-20(23)17-7-5-15(10-18(17)21)27(3,24)25/h4-8,10-11H,9H2,1-3H3. The minimum Gasteiger partial charge on any atom is -0.294 e. The molecule has 0 unspecified atom stereocenters. The highest BCUT2D eigenvalue weighted by atomic mass is 35.5. The summed E-state index contributed by atoms with van der Waals surface area (Å²) >= 11 is 7.74. The highest BCUT2D eigenvalue weighted by molar-refractivity contribution is 7.90. The number of carbonyl (C=O) groups is 1. The molecule has 0 aliphatic carbocycles. The Balaban J connectivity index is 1.83. The molecule has 0 bridgehead atoms. The molecule has 0 aliphatic rings. The van der Waals surface area contributed by atoms with Crippen molar-refractivity contribution in [2.24, 2.45) is 0 Å². The summed E-state index contributed by atoms with van der Waals surface area (Å²) < 4.78 is 23.2. The van der Waals surface area contributed by atoms with Crippen LogP contribution in [0.3, 0.4) is 0 Å². The number of aromatic nitrogens is 1. The Labute approximate surface area is 167 Å². The third kappa shape index (κ3) is 4.46. The molecule has 3 rings (SSSR count). The zero-order valence-corrected chi connectivity index (χ0v) is 17.5. The van der Waals surface area contributed by atoms with Gasteiger partial charge in [0.1, 0.15) is 0 Å². The zero-order chi connectivity index (χ0) is 19.8. The first-order valence-corrected chi connectivity index (χ1v) is 11.3. The molecule has 0 radical (unpaired) electrons. The van der Waals surface area contributed by atoms with Crippen LogP contribution in [-0.4, -0.2) is 25.4 Å². The molecular weight excluding hydrogens is 402 g/mol. The van der Waals surface area contributed by atoms with Crippen molar-refractivity contribution in [2.45, 2.75) is 25.2 Å². The van der Waals surface area contributed by atoms with Gasteiger partial charge in [0, 0.05) is 29.2 Å². The number of aryl methyl sites for hydroxylation is 2. The van der Waals surface area contributed by atoms with Gasteiger partial charge < -0.3 is 0 Å². The van der Waals surface area contributed by atoms with Crippen LogP contribution in [0.4, 0.5) is 0 Å². The zero-order valence-electron chi connectivity index (χ0n) is 15.1. The largest absolute Gasteiger partial charge is 0.294 e. The van der Waals surface area contributed by atoms with Gasteiger partial charge in [-0.15, -0.1) is 11.3 Å². The number of Topliss-reactive ketones (excluding diaryl/α,β-unsaturated/α-hetero) is 1. The third-order valence-electron chi connectivity index (χ3n) is 4.22. The maximum absolute atomic E-state index is 12.6. The molecule has 0 fully saturated rings. The highest BCUT2D eigenvalue weighted by Gasteiger charge is 2.16. The van der Waals surface area contributed by atoms with Gasteiger partial charge in [-0.25, -0.2) is 13.4 Å². The van der Waals surface area contributed by atoms with Gasteiger partial charge >= 0.3 is 0 Å². The predicted molar refractivity (Wildman–Crippen MR) is 110 cm³/mol. The Morgan fingerprint density at radius 1 is 1.15 bits per heavy atom. The number of hydrogen-bond acceptors (Lipinski definition) is 5. The van der Waals surface area contributed by atoms with Crippen molar-refractivity contribution in [2.75, 3.05) is 6.26 Å². The fourth-order valence-corrected chi connectivity index (χ4v) is 4.45. The summed E-state index contributed by atoms with van der Waals surface area (Å²) in [6, 6.07) is 10.1. The Morgan fingerprint density at radius 2 is 1.89 bits per heavy atom. The van der Waals surface area contributed by atoms with Crippen LogP contribution in [0.2, 0.25) is 5.02 Å². The van der Waals surface area contributed by atoms with Gasteiger partial charge in [-0.2, -0.15) is 0 Å². The number of rotatable bonds is 5. The van der Waals surface area contributed by atoms with Gasteiger partial charge in [0.05, 0.1) is 20.6 Å². The van der Waals surface area contributed by atoms with Crippen LogP contribution in [0.25, 0.3) is 11.3 Å². The molecule has 0 saturated carbocycles. The lowest BCUT2D eigenvalue weighted by atomic mass is 9.98. The van der Waals surface area contributed by atoms with Crippen LogP contribution in [0, 0.1) is 13.8 Å². The van der Waals surface area contributed by atoms with E-state index in [1.54, 1.807) is 11.3 Å². The summed E-state index contributed by atoms with van der Waals surface area (Å²) in [7, 11) is -3.36. The van der Waals surface area contributed by atoms with E-state index in [9.17, 15) is 13.2 Å². The van der Waals surface area contributed by atoms with Crippen LogP contribution in [0.15, 0.2) is 46.7 Å². The second-order valence-electron chi connectivity index (χ2n) is 6.41. The monoisotopic (exact) mass is 419 g/mol. The van der Waals surface area contributed by atoms with Crippen molar-refractivity contribution >= 4 is 38.6 Å². The minimum absolute atomic E-state index is 0.0998. The van der Waals surface area contributed by atoms with E-state index in [4.69, 9.17) is 11.6 Å². The van der Waals surface area contributed by atoms with E-state index in [0.717, 1.165) is 33.6 Å². The van der Waals surface area contributed by atoms with E-state index in [1.807, 2.05) is 37.4 Å². The quantitative estimate of drug-likeness (QED) is 0.551. The fraction of sp³-hybridized carbons (Fsp3) is 0.200. The van der Waals surface area contributed by atoms with Gasteiger partial charge in [-0.3, -0.25) is 4.79 Å². The molecule has 0 amide bonds. The Hall–Kier alpha value is -2.02. The lowest BCUT2D eigenvalue weighted by Gasteiger charge is -2.08. The van der Waals surface area contributed by atoms with Gasteiger partial charge in [0.25, 0.3) is 0 Å². The fourth-order valence-electron chi connectivity index (χ4n) is 2.84.